The molecule has 0 aromatic rings. The van der Waals surface area contributed by atoms with E-state index in [9.17, 15) is 13.2 Å². The summed E-state index contributed by atoms with van der Waals surface area (Å²) in [7, 11) is -2.82. The van der Waals surface area contributed by atoms with Crippen LogP contribution in [0.2, 0.25) is 0 Å². The van der Waals surface area contributed by atoms with Crippen LogP contribution in [-0.2, 0) is 14.6 Å². The highest BCUT2D eigenvalue weighted by Crippen LogP contribution is 2.41. The second kappa shape index (κ2) is 4.35. The molecule has 1 atom stereocenters. The van der Waals surface area contributed by atoms with E-state index < -0.39 is 15.8 Å². The number of carboxylic acids is 1. The first-order chi connectivity index (χ1) is 7.48. The van der Waals surface area contributed by atoms with Crippen LogP contribution in [0.3, 0.4) is 0 Å². The molecule has 4 nitrogen and oxygen atoms in total. The van der Waals surface area contributed by atoms with E-state index in [1.54, 1.807) is 0 Å². The number of carbonyl (C=O) groups is 1. The molecule has 2 aliphatic rings. The first kappa shape index (κ1) is 11.9. The molecule has 1 aliphatic carbocycles. The lowest BCUT2D eigenvalue weighted by atomic mass is 9.87. The minimum absolute atomic E-state index is 0.231. The fraction of sp³-hybridized carbons (Fsp3) is 0.909. The van der Waals surface area contributed by atoms with Crippen LogP contribution in [0.15, 0.2) is 0 Å². The Hall–Kier alpha value is -0.580. The zero-order valence-corrected chi connectivity index (χ0v) is 10.1. The lowest BCUT2D eigenvalue weighted by molar-refractivity contribution is -0.143. The van der Waals surface area contributed by atoms with Crippen LogP contribution in [0, 0.1) is 17.8 Å². The average Bonchev–Trinajstić information content (AvgIpc) is 2.99. The van der Waals surface area contributed by atoms with Gasteiger partial charge in [-0.25, -0.2) is 8.42 Å². The zero-order chi connectivity index (χ0) is 11.8. The molecule has 0 aromatic heterocycles. The van der Waals surface area contributed by atoms with Gasteiger partial charge < -0.3 is 5.11 Å². The zero-order valence-electron chi connectivity index (χ0n) is 9.26. The van der Waals surface area contributed by atoms with E-state index in [-0.39, 0.29) is 17.4 Å². The summed E-state index contributed by atoms with van der Waals surface area (Å²) in [5.41, 5.74) is 0. The van der Waals surface area contributed by atoms with Crippen molar-refractivity contribution in [3.63, 3.8) is 0 Å². The Kier molecular flexibility index (Phi) is 3.24. The van der Waals surface area contributed by atoms with Gasteiger partial charge in [-0.1, -0.05) is 0 Å². The van der Waals surface area contributed by atoms with Crippen LogP contribution in [-0.4, -0.2) is 31.0 Å². The number of carboxylic acid groups (broad SMARTS) is 1. The molecular weight excluding hydrogens is 228 g/mol. The second-order valence-electron chi connectivity index (χ2n) is 5.11. The molecule has 5 heteroatoms. The van der Waals surface area contributed by atoms with Gasteiger partial charge in [0, 0.05) is 0 Å². The molecule has 0 amide bonds. The fourth-order valence-electron chi connectivity index (χ4n) is 2.53. The molecule has 1 saturated heterocycles. The first-order valence-corrected chi connectivity index (χ1v) is 7.73. The molecule has 0 radical (unpaired) electrons. The van der Waals surface area contributed by atoms with Crippen molar-refractivity contribution in [2.45, 2.75) is 32.1 Å². The summed E-state index contributed by atoms with van der Waals surface area (Å²) in [6, 6.07) is 0. The molecule has 1 aliphatic heterocycles. The molecule has 1 unspecified atom stereocenters. The highest BCUT2D eigenvalue weighted by atomic mass is 32.2. The van der Waals surface area contributed by atoms with E-state index >= 15 is 0 Å². The monoisotopic (exact) mass is 246 g/mol. The third-order valence-corrected chi connectivity index (χ3v) is 5.49. The van der Waals surface area contributed by atoms with Crippen LogP contribution in [0.1, 0.15) is 32.1 Å². The summed E-state index contributed by atoms with van der Waals surface area (Å²) in [5, 5.41) is 9.10. The number of rotatable bonds is 4. The maximum absolute atomic E-state index is 11.2. The molecule has 1 N–H and O–H groups in total. The van der Waals surface area contributed by atoms with E-state index in [0.29, 0.717) is 31.1 Å². The largest absolute Gasteiger partial charge is 0.481 e. The smallest absolute Gasteiger partial charge is 0.306 e. The minimum Gasteiger partial charge on any atom is -0.481 e. The van der Waals surface area contributed by atoms with Gasteiger partial charge in [0.1, 0.15) is 9.84 Å². The van der Waals surface area contributed by atoms with Crippen LogP contribution >= 0.6 is 0 Å². The Morgan fingerprint density at radius 1 is 1.19 bits per heavy atom. The predicted molar refractivity (Wildman–Crippen MR) is 59.8 cm³/mol. The topological polar surface area (TPSA) is 71.4 Å². The van der Waals surface area contributed by atoms with Crippen molar-refractivity contribution in [2.24, 2.45) is 17.8 Å². The van der Waals surface area contributed by atoms with Crippen LogP contribution < -0.4 is 0 Å². The molecule has 1 saturated carbocycles. The Labute approximate surface area is 96.0 Å². The normalized spacial score (nSPS) is 27.5. The Balaban J connectivity index is 1.87. The molecular formula is C11H18O4S. The molecule has 2 fully saturated rings. The van der Waals surface area contributed by atoms with Gasteiger partial charge in [-0.05, 0) is 43.9 Å². The summed E-state index contributed by atoms with van der Waals surface area (Å²) in [6.45, 7) is 0. The highest BCUT2D eigenvalue weighted by molar-refractivity contribution is 7.91. The van der Waals surface area contributed by atoms with E-state index in [1.165, 1.54) is 0 Å². The maximum atomic E-state index is 11.2. The van der Waals surface area contributed by atoms with E-state index in [1.807, 2.05) is 0 Å². The van der Waals surface area contributed by atoms with Crippen molar-refractivity contribution in [1.82, 2.24) is 0 Å². The summed E-state index contributed by atoms with van der Waals surface area (Å²) in [6.07, 6.45) is 4.04. The van der Waals surface area contributed by atoms with Gasteiger partial charge in [0.2, 0.25) is 0 Å². The lowest BCUT2D eigenvalue weighted by Crippen LogP contribution is -2.27. The number of aliphatic carboxylic acids is 1. The molecule has 2 rings (SSSR count). The van der Waals surface area contributed by atoms with Crippen LogP contribution in [0.5, 0.6) is 0 Å². The number of hydrogen-bond donors (Lipinski definition) is 1. The Bertz CT molecular complexity index is 355. The Morgan fingerprint density at radius 3 is 2.19 bits per heavy atom. The summed E-state index contributed by atoms with van der Waals surface area (Å²) < 4.78 is 22.5. The van der Waals surface area contributed by atoms with E-state index in [0.717, 1.165) is 12.8 Å². The summed E-state index contributed by atoms with van der Waals surface area (Å²) in [5.74, 6) is 0.214. The van der Waals surface area contributed by atoms with E-state index in [2.05, 4.69) is 0 Å². The van der Waals surface area contributed by atoms with Gasteiger partial charge in [0.25, 0.3) is 0 Å². The molecule has 0 aromatic carbocycles. The van der Waals surface area contributed by atoms with Gasteiger partial charge in [-0.2, -0.15) is 0 Å². The standard InChI is InChI=1S/C11H18O4S/c12-11(13)10(9-1-2-9)7-8-3-5-16(14,15)6-4-8/h8-10H,1-7H2,(H,12,13). The van der Waals surface area contributed by atoms with Gasteiger partial charge in [0.05, 0.1) is 17.4 Å². The highest BCUT2D eigenvalue weighted by Gasteiger charge is 2.38. The quantitative estimate of drug-likeness (QED) is 0.812. The van der Waals surface area contributed by atoms with Crippen molar-refractivity contribution in [3.05, 3.63) is 0 Å². The number of sulfone groups is 1. The molecule has 92 valence electrons. The van der Waals surface area contributed by atoms with Gasteiger partial charge >= 0.3 is 5.97 Å². The third-order valence-electron chi connectivity index (χ3n) is 3.77. The van der Waals surface area contributed by atoms with E-state index in [4.69, 9.17) is 5.11 Å². The summed E-state index contributed by atoms with van der Waals surface area (Å²) in [4.78, 5) is 11.1. The third kappa shape index (κ3) is 2.97. The second-order valence-corrected chi connectivity index (χ2v) is 7.42. The van der Waals surface area contributed by atoms with Crippen molar-refractivity contribution < 1.29 is 18.3 Å². The Morgan fingerprint density at radius 2 is 1.75 bits per heavy atom. The van der Waals surface area contributed by atoms with Gasteiger partial charge in [-0.3, -0.25) is 4.79 Å². The maximum Gasteiger partial charge on any atom is 0.306 e. The average molecular weight is 246 g/mol. The van der Waals surface area contributed by atoms with Gasteiger partial charge in [-0.15, -0.1) is 0 Å². The summed E-state index contributed by atoms with van der Waals surface area (Å²) >= 11 is 0. The number of hydrogen-bond acceptors (Lipinski definition) is 3. The molecule has 0 bridgehead atoms. The minimum atomic E-state index is -2.82. The van der Waals surface area contributed by atoms with Crippen molar-refractivity contribution in [1.29, 1.82) is 0 Å². The van der Waals surface area contributed by atoms with Crippen molar-refractivity contribution >= 4 is 15.8 Å². The molecule has 0 spiro atoms. The van der Waals surface area contributed by atoms with Crippen LogP contribution in [0.4, 0.5) is 0 Å². The van der Waals surface area contributed by atoms with Gasteiger partial charge in [0.15, 0.2) is 0 Å². The lowest BCUT2D eigenvalue weighted by Gasteiger charge is -2.24. The predicted octanol–water partition coefficient (Wildman–Crippen LogP) is 1.31. The fourth-order valence-corrected chi connectivity index (χ4v) is 4.12. The van der Waals surface area contributed by atoms with Crippen molar-refractivity contribution in [2.75, 3.05) is 11.5 Å². The molecule has 1 heterocycles. The first-order valence-electron chi connectivity index (χ1n) is 5.91. The SMILES string of the molecule is O=C(O)C(CC1CCS(=O)(=O)CC1)C1CC1. The van der Waals surface area contributed by atoms with Crippen LogP contribution in [0.25, 0.3) is 0 Å². The molecule has 16 heavy (non-hydrogen) atoms. The van der Waals surface area contributed by atoms with Crippen molar-refractivity contribution in [3.8, 4) is 0 Å².